The maximum atomic E-state index is 16.6. The second kappa shape index (κ2) is 5.16. The van der Waals surface area contributed by atoms with Crippen molar-refractivity contribution in [2.24, 2.45) is 22.7 Å². The minimum atomic E-state index is -1.23. The van der Waals surface area contributed by atoms with Gasteiger partial charge in [-0.1, -0.05) is 18.6 Å². The lowest BCUT2D eigenvalue weighted by molar-refractivity contribution is -0.121. The lowest BCUT2D eigenvalue weighted by Gasteiger charge is -2.61. The van der Waals surface area contributed by atoms with Crippen LogP contribution in [0.1, 0.15) is 52.4 Å². The first-order chi connectivity index (χ1) is 11.2. The van der Waals surface area contributed by atoms with Crippen molar-refractivity contribution in [2.75, 3.05) is 6.26 Å². The van der Waals surface area contributed by atoms with Gasteiger partial charge in [-0.25, -0.2) is 4.39 Å². The Kier molecular flexibility index (Phi) is 3.70. The van der Waals surface area contributed by atoms with Gasteiger partial charge in [0.05, 0.1) is 4.08 Å². The normalized spacial score (nSPS) is 53.2. The van der Waals surface area contributed by atoms with E-state index >= 15 is 4.39 Å². The number of rotatable bonds is 1. The van der Waals surface area contributed by atoms with E-state index in [4.69, 9.17) is 12.6 Å². The van der Waals surface area contributed by atoms with Crippen molar-refractivity contribution in [1.29, 1.82) is 0 Å². The Labute approximate surface area is 154 Å². The van der Waals surface area contributed by atoms with Gasteiger partial charge in [0.25, 0.3) is 0 Å². The van der Waals surface area contributed by atoms with Gasteiger partial charge in [-0.15, -0.1) is 11.8 Å². The van der Waals surface area contributed by atoms with Crippen LogP contribution in [0.5, 0.6) is 0 Å². The van der Waals surface area contributed by atoms with Gasteiger partial charge in [-0.2, -0.15) is 12.6 Å². The highest BCUT2D eigenvalue weighted by Crippen LogP contribution is 2.72. The molecular formula is C20H27FOS2. The molecule has 0 N–H and O–H groups in total. The average molecular weight is 367 g/mol. The molecule has 0 saturated heterocycles. The number of thioether (sulfide) groups is 1. The fourth-order valence-corrected chi connectivity index (χ4v) is 7.85. The van der Waals surface area contributed by atoms with E-state index in [1.54, 1.807) is 12.2 Å². The first-order valence-electron chi connectivity index (χ1n) is 9.11. The van der Waals surface area contributed by atoms with Gasteiger partial charge in [0, 0.05) is 5.41 Å². The fraction of sp³-hybridized carbons (Fsp3) is 0.750. The number of ketones is 1. The van der Waals surface area contributed by atoms with E-state index in [1.165, 1.54) is 0 Å². The summed E-state index contributed by atoms with van der Waals surface area (Å²) in [6.45, 7) is 4.37. The van der Waals surface area contributed by atoms with Crippen LogP contribution in [0.25, 0.3) is 0 Å². The summed E-state index contributed by atoms with van der Waals surface area (Å²) in [5.74, 6) is 0.492. The Morgan fingerprint density at radius 1 is 1.21 bits per heavy atom. The summed E-state index contributed by atoms with van der Waals surface area (Å²) >= 11 is 6.92. The van der Waals surface area contributed by atoms with Crippen molar-refractivity contribution in [2.45, 2.75) is 62.1 Å². The number of alkyl halides is 1. The number of thiol groups is 1. The van der Waals surface area contributed by atoms with Crippen LogP contribution < -0.4 is 0 Å². The van der Waals surface area contributed by atoms with Crippen LogP contribution in [0.15, 0.2) is 23.8 Å². The standard InChI is InChI=1S/C20H27FOS2/c1-17-8-6-14(22)12-13(17)4-5-16-15-7-9-20(23,24-3)18(15,2)10-11-19(16,17)21/h6,8,12,15-16,23H,4-5,7,9-11H2,1-3H3/t15-,16-,17-,18-,19+,20-/m0/s1. The number of hydrogen-bond donors (Lipinski definition) is 1. The Morgan fingerprint density at radius 3 is 2.67 bits per heavy atom. The third-order valence-corrected chi connectivity index (χ3v) is 10.7. The summed E-state index contributed by atoms with van der Waals surface area (Å²) in [4.78, 5) is 11.8. The van der Waals surface area contributed by atoms with E-state index in [0.29, 0.717) is 12.3 Å². The summed E-state index contributed by atoms with van der Waals surface area (Å²) in [7, 11) is 0. The van der Waals surface area contributed by atoms with Crippen molar-refractivity contribution in [3.63, 3.8) is 0 Å². The zero-order chi connectivity index (χ0) is 17.4. The maximum Gasteiger partial charge on any atom is 0.178 e. The predicted molar refractivity (Wildman–Crippen MR) is 102 cm³/mol. The van der Waals surface area contributed by atoms with Gasteiger partial charge in [0.15, 0.2) is 5.78 Å². The second-order valence-electron chi connectivity index (χ2n) is 8.67. The van der Waals surface area contributed by atoms with Crippen LogP contribution in [-0.4, -0.2) is 21.8 Å². The Bertz CT molecular complexity index is 658. The first-order valence-corrected chi connectivity index (χ1v) is 10.8. The quantitative estimate of drug-likeness (QED) is 0.496. The van der Waals surface area contributed by atoms with Crippen molar-refractivity contribution in [3.8, 4) is 0 Å². The molecule has 4 heteroatoms. The lowest BCUT2D eigenvalue weighted by atomic mass is 9.47. The van der Waals surface area contributed by atoms with Gasteiger partial charge >= 0.3 is 0 Å². The van der Waals surface area contributed by atoms with Gasteiger partial charge < -0.3 is 0 Å². The van der Waals surface area contributed by atoms with Crippen LogP contribution in [0.2, 0.25) is 0 Å². The number of fused-ring (bicyclic) bond motifs is 5. The molecule has 4 aliphatic rings. The maximum absolute atomic E-state index is 16.6. The summed E-state index contributed by atoms with van der Waals surface area (Å²) in [6, 6.07) is 0. The van der Waals surface area contributed by atoms with Crippen molar-refractivity contribution in [3.05, 3.63) is 23.8 Å². The van der Waals surface area contributed by atoms with E-state index in [9.17, 15) is 4.79 Å². The monoisotopic (exact) mass is 366 g/mol. The molecule has 24 heavy (non-hydrogen) atoms. The molecule has 0 amide bonds. The first kappa shape index (κ1) is 17.2. The minimum Gasteiger partial charge on any atom is -0.290 e. The van der Waals surface area contributed by atoms with Crippen LogP contribution in [0.3, 0.4) is 0 Å². The SMILES string of the molecule is CS[C@@]1(S)CC[C@H]2[C@@H]3CCC4=CC(=O)C=C[C@]4(C)[C@@]3(F)CC[C@@]21C. The molecule has 0 aromatic heterocycles. The van der Waals surface area contributed by atoms with Gasteiger partial charge in [-0.05, 0) is 81.1 Å². The van der Waals surface area contributed by atoms with Crippen molar-refractivity contribution >= 4 is 30.2 Å². The third-order valence-electron chi connectivity index (χ3n) is 8.08. The van der Waals surface area contributed by atoms with E-state index < -0.39 is 11.1 Å². The van der Waals surface area contributed by atoms with Gasteiger partial charge in [0.1, 0.15) is 5.67 Å². The number of halogens is 1. The molecule has 132 valence electrons. The largest absolute Gasteiger partial charge is 0.290 e. The van der Waals surface area contributed by atoms with E-state index in [1.807, 2.05) is 24.8 Å². The zero-order valence-electron chi connectivity index (χ0n) is 14.8. The number of allylic oxidation sites excluding steroid dienone is 4. The summed E-state index contributed by atoms with van der Waals surface area (Å²) < 4.78 is 16.6. The number of hydrogen-bond acceptors (Lipinski definition) is 3. The minimum absolute atomic E-state index is 0.0165. The highest BCUT2D eigenvalue weighted by atomic mass is 32.2. The summed E-state index contributed by atoms with van der Waals surface area (Å²) in [5, 5.41) is 0. The molecule has 4 rings (SSSR count). The Hall–Kier alpha value is -0.220. The molecular weight excluding hydrogens is 339 g/mol. The zero-order valence-corrected chi connectivity index (χ0v) is 16.5. The third kappa shape index (κ3) is 1.88. The van der Waals surface area contributed by atoms with E-state index in [2.05, 4.69) is 13.2 Å². The number of carbonyl (C=O) groups is 1. The van der Waals surface area contributed by atoms with Crippen LogP contribution >= 0.6 is 24.4 Å². The summed E-state index contributed by atoms with van der Waals surface area (Å²) in [5.41, 5.74) is -0.721. The molecule has 0 spiro atoms. The molecule has 0 aromatic carbocycles. The Morgan fingerprint density at radius 2 is 1.96 bits per heavy atom. The molecule has 4 aliphatic carbocycles. The van der Waals surface area contributed by atoms with Crippen LogP contribution in [-0.2, 0) is 4.79 Å². The molecule has 3 saturated carbocycles. The molecule has 0 heterocycles. The van der Waals surface area contributed by atoms with Crippen molar-refractivity contribution < 1.29 is 9.18 Å². The molecule has 6 atom stereocenters. The molecule has 0 aromatic rings. The van der Waals surface area contributed by atoms with Crippen LogP contribution in [0, 0.1) is 22.7 Å². The smallest absolute Gasteiger partial charge is 0.178 e. The molecule has 1 nitrogen and oxygen atoms in total. The highest BCUT2D eigenvalue weighted by Gasteiger charge is 2.69. The van der Waals surface area contributed by atoms with E-state index in [-0.39, 0.29) is 21.2 Å². The summed E-state index contributed by atoms with van der Waals surface area (Å²) in [6.07, 6.45) is 12.7. The van der Waals surface area contributed by atoms with Crippen LogP contribution in [0.4, 0.5) is 4.39 Å². The number of carbonyl (C=O) groups excluding carboxylic acids is 1. The van der Waals surface area contributed by atoms with E-state index in [0.717, 1.165) is 37.7 Å². The van der Waals surface area contributed by atoms with Gasteiger partial charge in [0.2, 0.25) is 0 Å². The Balaban J connectivity index is 1.77. The van der Waals surface area contributed by atoms with Crippen molar-refractivity contribution in [1.82, 2.24) is 0 Å². The lowest BCUT2D eigenvalue weighted by Crippen LogP contribution is -2.60. The molecule has 0 unspecified atom stereocenters. The molecule has 3 fully saturated rings. The fourth-order valence-electron chi connectivity index (χ4n) is 6.40. The highest BCUT2D eigenvalue weighted by molar-refractivity contribution is 8.11. The topological polar surface area (TPSA) is 17.1 Å². The molecule has 0 aliphatic heterocycles. The molecule has 0 radical (unpaired) electrons. The van der Waals surface area contributed by atoms with Gasteiger partial charge in [-0.3, -0.25) is 4.79 Å². The second-order valence-corrected chi connectivity index (χ2v) is 10.8. The molecule has 0 bridgehead atoms. The predicted octanol–water partition coefficient (Wildman–Crippen LogP) is 5.38. The average Bonchev–Trinajstić information content (AvgIpc) is 2.82.